The molecule has 150 valence electrons. The number of benzene rings is 1. The molecule has 1 aromatic heterocycles. The first kappa shape index (κ1) is 21.9. The first-order chi connectivity index (χ1) is 13.2. The van der Waals surface area contributed by atoms with Crippen LogP contribution in [0.5, 0.6) is 0 Å². The van der Waals surface area contributed by atoms with Crippen LogP contribution in [0.25, 0.3) is 0 Å². The number of ether oxygens (including phenoxy) is 1. The number of non-ortho nitro benzene ring substituents is 1. The van der Waals surface area contributed by atoms with E-state index in [2.05, 4.69) is 26.0 Å². The van der Waals surface area contributed by atoms with Gasteiger partial charge in [-0.25, -0.2) is 13.1 Å². The maximum atomic E-state index is 11.9. The first-order valence-electron chi connectivity index (χ1n) is 7.61. The lowest BCUT2D eigenvalue weighted by Crippen LogP contribution is -2.27. The summed E-state index contributed by atoms with van der Waals surface area (Å²) in [5.41, 5.74) is 0.122. The van der Waals surface area contributed by atoms with Crippen molar-refractivity contribution in [2.75, 3.05) is 18.5 Å². The molecule has 10 nitrogen and oxygen atoms in total. The molecule has 2 N–H and O–H groups in total. The van der Waals surface area contributed by atoms with Crippen LogP contribution in [0.4, 0.5) is 11.4 Å². The molecule has 0 aliphatic heterocycles. The van der Waals surface area contributed by atoms with Gasteiger partial charge in [-0.2, -0.15) is 0 Å². The van der Waals surface area contributed by atoms with E-state index in [0.717, 1.165) is 11.3 Å². The van der Waals surface area contributed by atoms with Crippen LogP contribution in [0, 0.1) is 10.1 Å². The van der Waals surface area contributed by atoms with E-state index in [1.165, 1.54) is 24.3 Å². The Morgan fingerprint density at radius 2 is 2.04 bits per heavy atom. The molecule has 28 heavy (non-hydrogen) atoms. The second kappa shape index (κ2) is 9.73. The smallest absolute Gasteiger partial charge is 0.307 e. The zero-order valence-corrected chi connectivity index (χ0v) is 17.3. The summed E-state index contributed by atoms with van der Waals surface area (Å²) in [5.74, 6) is -1.41. The Bertz CT molecular complexity index is 978. The average Bonchev–Trinajstić information content (AvgIpc) is 3.17. The highest BCUT2D eigenvalue weighted by Gasteiger charge is 2.16. The normalized spacial score (nSPS) is 11.0. The molecule has 0 unspecified atom stereocenters. The lowest BCUT2D eigenvalue weighted by Gasteiger charge is -2.08. The van der Waals surface area contributed by atoms with E-state index >= 15 is 0 Å². The zero-order valence-electron chi connectivity index (χ0n) is 14.1. The lowest BCUT2D eigenvalue weighted by atomic mass is 10.3. The number of carbonyl (C=O) groups is 2. The van der Waals surface area contributed by atoms with Crippen LogP contribution < -0.4 is 10.0 Å². The van der Waals surface area contributed by atoms with Crippen molar-refractivity contribution in [2.45, 2.75) is 10.6 Å². The maximum Gasteiger partial charge on any atom is 0.307 e. The Morgan fingerprint density at radius 1 is 1.29 bits per heavy atom. The number of anilines is 1. The van der Waals surface area contributed by atoms with E-state index in [1.807, 2.05) is 0 Å². The molecule has 13 heteroatoms. The molecule has 1 heterocycles. The zero-order chi connectivity index (χ0) is 20.7. The van der Waals surface area contributed by atoms with E-state index in [-0.39, 0.29) is 28.5 Å². The van der Waals surface area contributed by atoms with Crippen LogP contribution in [0.1, 0.15) is 6.42 Å². The van der Waals surface area contributed by atoms with Gasteiger partial charge in [0.05, 0.1) is 17.0 Å². The van der Waals surface area contributed by atoms with Gasteiger partial charge in [-0.3, -0.25) is 19.7 Å². The third kappa shape index (κ3) is 6.37. The Hall–Kier alpha value is -2.35. The molecule has 0 fully saturated rings. The number of hydrogen-bond donors (Lipinski definition) is 2. The summed E-state index contributed by atoms with van der Waals surface area (Å²) in [6.07, 6.45) is -0.251. The van der Waals surface area contributed by atoms with E-state index in [9.17, 15) is 28.1 Å². The van der Waals surface area contributed by atoms with Gasteiger partial charge in [-0.05, 0) is 33.4 Å². The number of nitro benzene ring substituents is 1. The van der Waals surface area contributed by atoms with Gasteiger partial charge in [0.2, 0.25) is 10.0 Å². The molecule has 1 amide bonds. The second-order valence-corrected chi connectivity index (χ2v) is 9.01. The van der Waals surface area contributed by atoms with E-state index < -0.39 is 33.4 Å². The number of thiophene rings is 1. The van der Waals surface area contributed by atoms with Crippen molar-refractivity contribution in [3.8, 4) is 0 Å². The predicted molar refractivity (Wildman–Crippen MR) is 105 cm³/mol. The second-order valence-electron chi connectivity index (χ2n) is 5.21. The molecule has 0 aliphatic rings. The standard InChI is InChI=1S/C15H14BrN3O7S2/c16-11-8-10(19(22)23)3-4-12(11)18-13(20)9-26-14(21)5-6-17-28(24,25)15-2-1-7-27-15/h1-4,7-8,17H,5-6,9H2,(H,18,20). The van der Waals surface area contributed by atoms with Crippen LogP contribution in [-0.2, 0) is 24.3 Å². The average molecular weight is 492 g/mol. The van der Waals surface area contributed by atoms with E-state index in [1.54, 1.807) is 11.4 Å². The van der Waals surface area contributed by atoms with Crippen LogP contribution in [-0.4, -0.2) is 38.4 Å². The highest BCUT2D eigenvalue weighted by molar-refractivity contribution is 9.10. The molecule has 2 aromatic rings. The molecular formula is C15H14BrN3O7S2. The molecule has 0 saturated heterocycles. The lowest BCUT2D eigenvalue weighted by molar-refractivity contribution is -0.384. The molecule has 0 saturated carbocycles. The number of sulfonamides is 1. The van der Waals surface area contributed by atoms with Crippen molar-refractivity contribution >= 4 is 60.5 Å². The molecule has 0 radical (unpaired) electrons. The summed E-state index contributed by atoms with van der Waals surface area (Å²) < 4.78 is 31.2. The molecule has 1 aromatic carbocycles. The van der Waals surface area contributed by atoms with Gasteiger partial charge in [0.25, 0.3) is 11.6 Å². The molecule has 0 aliphatic carbocycles. The fourth-order valence-corrected chi connectivity index (χ4v) is 4.43. The third-order valence-corrected chi connectivity index (χ3v) is 6.70. The Kier molecular flexibility index (Phi) is 7.62. The topological polar surface area (TPSA) is 145 Å². The van der Waals surface area contributed by atoms with E-state index in [4.69, 9.17) is 4.74 Å². The summed E-state index contributed by atoms with van der Waals surface area (Å²) in [5, 5.41) is 14.7. The number of carbonyl (C=O) groups excluding carboxylic acids is 2. The van der Waals surface area contributed by atoms with E-state index in [0.29, 0.717) is 4.47 Å². The van der Waals surface area contributed by atoms with Gasteiger partial charge >= 0.3 is 5.97 Å². The number of nitrogens with zero attached hydrogens (tertiary/aromatic N) is 1. The minimum atomic E-state index is -3.67. The van der Waals surface area contributed by atoms with Gasteiger partial charge < -0.3 is 10.1 Å². The quantitative estimate of drug-likeness (QED) is 0.310. The SMILES string of the molecule is O=C(COC(=O)CCNS(=O)(=O)c1cccs1)Nc1ccc([N+](=O)[O-])cc1Br. The van der Waals surface area contributed by atoms with Gasteiger partial charge in [0, 0.05) is 23.2 Å². The Morgan fingerprint density at radius 3 is 2.64 bits per heavy atom. The number of hydrogen-bond acceptors (Lipinski definition) is 8. The van der Waals surface area contributed by atoms with Crippen LogP contribution in [0.3, 0.4) is 0 Å². The highest BCUT2D eigenvalue weighted by atomic mass is 79.9. The molecular weight excluding hydrogens is 478 g/mol. The predicted octanol–water partition coefficient (Wildman–Crippen LogP) is 2.27. The van der Waals surface area contributed by atoms with Crippen LogP contribution >= 0.6 is 27.3 Å². The van der Waals surface area contributed by atoms with Crippen molar-refractivity contribution in [3.05, 3.63) is 50.3 Å². The largest absolute Gasteiger partial charge is 0.456 e. The number of rotatable bonds is 9. The van der Waals surface area contributed by atoms with Gasteiger partial charge in [0.1, 0.15) is 4.21 Å². The van der Waals surface area contributed by atoms with Gasteiger partial charge in [-0.1, -0.05) is 6.07 Å². The fraction of sp³-hybridized carbons (Fsp3) is 0.200. The van der Waals surface area contributed by atoms with Crippen molar-refractivity contribution < 1.29 is 27.7 Å². The van der Waals surface area contributed by atoms with Crippen molar-refractivity contribution in [3.63, 3.8) is 0 Å². The van der Waals surface area contributed by atoms with Gasteiger partial charge in [0.15, 0.2) is 6.61 Å². The molecule has 0 atom stereocenters. The number of esters is 1. The van der Waals surface area contributed by atoms with Crippen LogP contribution in [0.15, 0.2) is 44.4 Å². The van der Waals surface area contributed by atoms with Crippen LogP contribution in [0.2, 0.25) is 0 Å². The Balaban J connectivity index is 1.75. The maximum absolute atomic E-state index is 11.9. The molecule has 0 bridgehead atoms. The van der Waals surface area contributed by atoms with Crippen molar-refractivity contribution in [2.24, 2.45) is 0 Å². The summed E-state index contributed by atoms with van der Waals surface area (Å²) in [6.45, 7) is -0.755. The van der Waals surface area contributed by atoms with Crippen molar-refractivity contribution in [1.29, 1.82) is 0 Å². The summed E-state index contributed by atoms with van der Waals surface area (Å²) in [4.78, 5) is 33.6. The highest BCUT2D eigenvalue weighted by Crippen LogP contribution is 2.27. The summed E-state index contributed by atoms with van der Waals surface area (Å²) in [6, 6.07) is 6.80. The number of amides is 1. The molecule has 2 rings (SSSR count). The summed E-state index contributed by atoms with van der Waals surface area (Å²) in [7, 11) is -3.67. The summed E-state index contributed by atoms with van der Waals surface area (Å²) >= 11 is 4.15. The first-order valence-corrected chi connectivity index (χ1v) is 10.8. The van der Waals surface area contributed by atoms with Crippen molar-refractivity contribution in [1.82, 2.24) is 4.72 Å². The minimum Gasteiger partial charge on any atom is -0.456 e. The van der Waals surface area contributed by atoms with Gasteiger partial charge in [-0.15, -0.1) is 11.3 Å². The molecule has 0 spiro atoms. The number of nitro groups is 1. The number of nitrogens with one attached hydrogen (secondary N) is 2. The Labute approximate surface area is 172 Å². The fourth-order valence-electron chi connectivity index (χ4n) is 1.90. The third-order valence-electron chi connectivity index (χ3n) is 3.18. The number of halogens is 1. The monoisotopic (exact) mass is 491 g/mol. The minimum absolute atomic E-state index is 0.133.